The van der Waals surface area contributed by atoms with Gasteiger partial charge in [-0.25, -0.2) is 4.79 Å². The van der Waals surface area contributed by atoms with Crippen molar-refractivity contribution in [1.82, 2.24) is 0 Å². The number of unbranched alkanes of at least 4 members (excludes halogenated alkanes) is 1. The normalized spacial score (nSPS) is 10.1. The van der Waals surface area contributed by atoms with Gasteiger partial charge in [0, 0.05) is 0 Å². The first-order valence-electron chi connectivity index (χ1n) is 4.58. The van der Waals surface area contributed by atoms with Crippen molar-refractivity contribution in [3.63, 3.8) is 0 Å². The third kappa shape index (κ3) is 8.57. The maximum Gasteiger partial charge on any atom is 0.338 e. The van der Waals surface area contributed by atoms with Crippen LogP contribution < -0.4 is 0 Å². The number of esters is 1. The molecule has 0 saturated carbocycles. The van der Waals surface area contributed by atoms with Gasteiger partial charge in [-0.1, -0.05) is 24.3 Å². The number of methoxy groups -OCH3 is 1. The summed E-state index contributed by atoms with van der Waals surface area (Å²) in [5, 5.41) is 0. The summed E-state index contributed by atoms with van der Waals surface area (Å²) in [5.41, 5.74) is 2.75. The molecule has 0 amide bonds. The SMILES string of the molecule is CC=CC=CCCC=C=CC(=O)OC. The second kappa shape index (κ2) is 9.56. The Morgan fingerprint density at radius 2 is 2.14 bits per heavy atom. The lowest BCUT2D eigenvalue weighted by Gasteiger charge is -1.85. The van der Waals surface area contributed by atoms with E-state index in [2.05, 4.69) is 16.5 Å². The van der Waals surface area contributed by atoms with Crippen molar-refractivity contribution in [2.75, 3.05) is 7.11 Å². The summed E-state index contributed by atoms with van der Waals surface area (Å²) in [7, 11) is 1.35. The Labute approximate surface area is 85.3 Å². The topological polar surface area (TPSA) is 26.3 Å². The highest BCUT2D eigenvalue weighted by Gasteiger charge is 1.85. The molecule has 14 heavy (non-hydrogen) atoms. The Balaban J connectivity index is 3.63. The standard InChI is InChI=1S/C12H16O2/c1-3-4-5-6-7-8-9-10-11-12(13)14-2/h3-6,9,11H,7-8H2,1-2H3. The molecule has 0 aliphatic rings. The van der Waals surface area contributed by atoms with Gasteiger partial charge in [-0.2, -0.15) is 0 Å². The molecule has 2 nitrogen and oxygen atoms in total. The van der Waals surface area contributed by atoms with Gasteiger partial charge in [-0.05, 0) is 25.8 Å². The molecule has 0 aromatic heterocycles. The first kappa shape index (κ1) is 12.5. The lowest BCUT2D eigenvalue weighted by molar-refractivity contribution is -0.134. The lowest BCUT2D eigenvalue weighted by atomic mass is 10.3. The molecule has 0 fully saturated rings. The highest BCUT2D eigenvalue weighted by Crippen LogP contribution is 1.92. The lowest BCUT2D eigenvalue weighted by Crippen LogP contribution is -1.92. The highest BCUT2D eigenvalue weighted by molar-refractivity contribution is 5.81. The Hall–Kier alpha value is -1.53. The molecule has 0 bridgehead atoms. The number of ether oxygens (including phenoxy) is 1. The molecular weight excluding hydrogens is 176 g/mol. The number of allylic oxidation sites excluding steroid dienone is 4. The minimum atomic E-state index is -0.370. The van der Waals surface area contributed by atoms with Crippen molar-refractivity contribution in [3.8, 4) is 0 Å². The van der Waals surface area contributed by atoms with Crippen LogP contribution >= 0.6 is 0 Å². The summed E-state index contributed by atoms with van der Waals surface area (Å²) in [4.78, 5) is 10.6. The number of hydrogen-bond donors (Lipinski definition) is 0. The molecule has 76 valence electrons. The molecule has 0 aromatic carbocycles. The fraction of sp³-hybridized carbons (Fsp3) is 0.333. The Morgan fingerprint density at radius 3 is 2.79 bits per heavy atom. The van der Waals surface area contributed by atoms with Crippen LogP contribution in [0.3, 0.4) is 0 Å². The van der Waals surface area contributed by atoms with E-state index in [1.165, 1.54) is 13.2 Å². The average Bonchev–Trinajstić information content (AvgIpc) is 2.21. The molecular formula is C12H16O2. The number of hydrogen-bond acceptors (Lipinski definition) is 2. The van der Waals surface area contributed by atoms with Crippen LogP contribution in [0, 0.1) is 0 Å². The van der Waals surface area contributed by atoms with Gasteiger partial charge in [0.2, 0.25) is 0 Å². The highest BCUT2D eigenvalue weighted by atomic mass is 16.5. The Morgan fingerprint density at radius 1 is 1.36 bits per heavy atom. The molecule has 0 saturated heterocycles. The smallest absolute Gasteiger partial charge is 0.338 e. The molecule has 0 spiro atoms. The van der Waals surface area contributed by atoms with Gasteiger partial charge >= 0.3 is 5.97 Å². The molecule has 2 heteroatoms. The minimum absolute atomic E-state index is 0.370. The van der Waals surface area contributed by atoms with Gasteiger partial charge in [0.15, 0.2) is 0 Å². The first-order chi connectivity index (χ1) is 6.81. The van der Waals surface area contributed by atoms with E-state index in [0.29, 0.717) is 0 Å². The molecule has 0 aromatic rings. The van der Waals surface area contributed by atoms with E-state index >= 15 is 0 Å². The van der Waals surface area contributed by atoms with E-state index in [0.717, 1.165) is 12.8 Å². The van der Waals surface area contributed by atoms with Crippen LogP contribution in [0.1, 0.15) is 19.8 Å². The summed E-state index contributed by atoms with van der Waals surface area (Å²) in [6.45, 7) is 1.98. The number of rotatable bonds is 5. The van der Waals surface area contributed by atoms with Crippen molar-refractivity contribution in [3.05, 3.63) is 42.2 Å². The molecule has 0 N–H and O–H groups in total. The molecule has 0 aliphatic heterocycles. The monoisotopic (exact) mass is 192 g/mol. The molecule has 0 heterocycles. The number of carbonyl (C=O) groups excluding carboxylic acids is 1. The van der Waals surface area contributed by atoms with Crippen LogP contribution in [0.15, 0.2) is 42.2 Å². The minimum Gasteiger partial charge on any atom is -0.465 e. The van der Waals surface area contributed by atoms with Crippen molar-refractivity contribution in [2.45, 2.75) is 19.8 Å². The Kier molecular flexibility index (Phi) is 8.51. The molecule has 0 unspecified atom stereocenters. The molecule has 0 aliphatic carbocycles. The quantitative estimate of drug-likeness (QED) is 0.220. The molecule has 0 radical (unpaired) electrons. The van der Waals surface area contributed by atoms with Crippen LogP contribution in [0.2, 0.25) is 0 Å². The van der Waals surface area contributed by atoms with Crippen molar-refractivity contribution in [1.29, 1.82) is 0 Å². The summed E-state index contributed by atoms with van der Waals surface area (Å²) < 4.78 is 4.41. The second-order valence-electron chi connectivity index (χ2n) is 2.57. The molecule has 0 atom stereocenters. The summed E-state index contributed by atoms with van der Waals surface area (Å²) in [6.07, 6.45) is 13.0. The van der Waals surface area contributed by atoms with Crippen molar-refractivity contribution < 1.29 is 9.53 Å². The van der Waals surface area contributed by atoms with Crippen LogP contribution in [0.4, 0.5) is 0 Å². The zero-order valence-electron chi connectivity index (χ0n) is 8.69. The van der Waals surface area contributed by atoms with Crippen LogP contribution in [-0.4, -0.2) is 13.1 Å². The van der Waals surface area contributed by atoms with Crippen LogP contribution in [-0.2, 0) is 9.53 Å². The van der Waals surface area contributed by atoms with Gasteiger partial charge in [0.05, 0.1) is 13.2 Å². The first-order valence-corrected chi connectivity index (χ1v) is 4.58. The fourth-order valence-electron chi connectivity index (χ4n) is 0.735. The third-order valence-electron chi connectivity index (χ3n) is 1.44. The van der Waals surface area contributed by atoms with Gasteiger partial charge in [-0.3, -0.25) is 0 Å². The summed E-state index contributed by atoms with van der Waals surface area (Å²) in [6, 6.07) is 0. The predicted octanol–water partition coefficient (Wildman–Crippen LogP) is 2.78. The van der Waals surface area contributed by atoms with Crippen LogP contribution in [0.25, 0.3) is 0 Å². The van der Waals surface area contributed by atoms with E-state index < -0.39 is 0 Å². The van der Waals surface area contributed by atoms with Crippen LogP contribution in [0.5, 0.6) is 0 Å². The zero-order chi connectivity index (χ0) is 10.6. The maximum atomic E-state index is 10.6. The van der Waals surface area contributed by atoms with E-state index in [4.69, 9.17) is 0 Å². The van der Waals surface area contributed by atoms with E-state index in [1.807, 2.05) is 31.2 Å². The second-order valence-corrected chi connectivity index (χ2v) is 2.57. The van der Waals surface area contributed by atoms with Gasteiger partial charge < -0.3 is 4.74 Å². The van der Waals surface area contributed by atoms with Crippen molar-refractivity contribution in [2.24, 2.45) is 0 Å². The van der Waals surface area contributed by atoms with Crippen molar-refractivity contribution >= 4 is 5.97 Å². The summed E-state index contributed by atoms with van der Waals surface area (Å²) in [5.74, 6) is -0.370. The summed E-state index contributed by atoms with van der Waals surface area (Å²) >= 11 is 0. The largest absolute Gasteiger partial charge is 0.465 e. The third-order valence-corrected chi connectivity index (χ3v) is 1.44. The average molecular weight is 192 g/mol. The predicted molar refractivity (Wildman–Crippen MR) is 57.9 cm³/mol. The fourth-order valence-corrected chi connectivity index (χ4v) is 0.735. The van der Waals surface area contributed by atoms with Gasteiger partial charge in [-0.15, -0.1) is 5.73 Å². The molecule has 0 rings (SSSR count). The van der Waals surface area contributed by atoms with E-state index in [9.17, 15) is 4.79 Å². The van der Waals surface area contributed by atoms with E-state index in [-0.39, 0.29) is 5.97 Å². The zero-order valence-corrected chi connectivity index (χ0v) is 8.69. The van der Waals surface area contributed by atoms with Gasteiger partial charge in [0.1, 0.15) is 0 Å². The maximum absolute atomic E-state index is 10.6. The number of carbonyl (C=O) groups is 1. The van der Waals surface area contributed by atoms with E-state index in [1.54, 1.807) is 0 Å². The van der Waals surface area contributed by atoms with Gasteiger partial charge in [0.25, 0.3) is 0 Å². The Bertz CT molecular complexity index is 266.